The molecule has 1 atom stereocenters. The molecule has 0 bridgehead atoms. The standard InChI is InChI=1S/C22H23NO5S/c1-15(17-5-6-17)23(14-16-3-8-19(27-2)9-4-16)29(25,26)20-10-11-21-18(13-20)7-12-22(24)28-21/h3-4,7-13,15,17H,5-6,14H2,1-2H3. The van der Waals surface area contributed by atoms with Gasteiger partial charge in [0.25, 0.3) is 0 Å². The van der Waals surface area contributed by atoms with Crippen LogP contribution in [-0.2, 0) is 16.6 Å². The molecule has 1 unspecified atom stereocenters. The first-order valence-electron chi connectivity index (χ1n) is 9.57. The predicted molar refractivity (Wildman–Crippen MR) is 110 cm³/mol. The molecule has 152 valence electrons. The van der Waals surface area contributed by atoms with Crippen LogP contribution in [0, 0.1) is 5.92 Å². The van der Waals surface area contributed by atoms with Crippen molar-refractivity contribution in [3.8, 4) is 5.75 Å². The normalized spacial score (nSPS) is 15.6. The van der Waals surface area contributed by atoms with E-state index in [0.29, 0.717) is 16.9 Å². The van der Waals surface area contributed by atoms with Crippen LogP contribution in [0.5, 0.6) is 5.75 Å². The van der Waals surface area contributed by atoms with E-state index in [0.717, 1.165) is 24.2 Å². The zero-order valence-corrected chi connectivity index (χ0v) is 17.2. The van der Waals surface area contributed by atoms with Crippen molar-refractivity contribution >= 4 is 21.0 Å². The van der Waals surface area contributed by atoms with Crippen LogP contribution in [0.1, 0.15) is 25.3 Å². The number of hydrogen-bond acceptors (Lipinski definition) is 5. The third kappa shape index (κ3) is 4.06. The molecule has 0 aliphatic heterocycles. The summed E-state index contributed by atoms with van der Waals surface area (Å²) in [5.41, 5.74) is 0.804. The van der Waals surface area contributed by atoms with Gasteiger partial charge >= 0.3 is 5.63 Å². The molecule has 0 N–H and O–H groups in total. The van der Waals surface area contributed by atoms with Crippen molar-refractivity contribution < 1.29 is 17.6 Å². The van der Waals surface area contributed by atoms with Gasteiger partial charge in [-0.15, -0.1) is 0 Å². The molecule has 29 heavy (non-hydrogen) atoms. The van der Waals surface area contributed by atoms with Crippen molar-refractivity contribution in [2.45, 2.75) is 37.2 Å². The minimum atomic E-state index is -3.74. The highest BCUT2D eigenvalue weighted by molar-refractivity contribution is 7.89. The molecule has 1 fully saturated rings. The Kier molecular flexibility index (Phi) is 5.19. The number of fused-ring (bicyclic) bond motifs is 1. The van der Waals surface area contributed by atoms with E-state index in [1.165, 1.54) is 18.2 Å². The summed E-state index contributed by atoms with van der Waals surface area (Å²) in [6.07, 6.45) is 2.08. The second kappa shape index (κ2) is 7.65. The number of sulfonamides is 1. The zero-order chi connectivity index (χ0) is 20.6. The Morgan fingerprint density at radius 3 is 2.48 bits per heavy atom. The molecule has 0 spiro atoms. The fourth-order valence-corrected chi connectivity index (χ4v) is 5.23. The number of rotatable bonds is 7. The van der Waals surface area contributed by atoms with Gasteiger partial charge < -0.3 is 9.15 Å². The van der Waals surface area contributed by atoms with Gasteiger partial charge in [0.1, 0.15) is 11.3 Å². The summed E-state index contributed by atoms with van der Waals surface area (Å²) >= 11 is 0. The smallest absolute Gasteiger partial charge is 0.336 e. The first kappa shape index (κ1) is 19.7. The first-order chi connectivity index (χ1) is 13.9. The summed E-state index contributed by atoms with van der Waals surface area (Å²) in [6.45, 7) is 2.25. The highest BCUT2D eigenvalue weighted by Crippen LogP contribution is 2.38. The summed E-state index contributed by atoms with van der Waals surface area (Å²) < 4.78 is 39.0. The van der Waals surface area contributed by atoms with Gasteiger partial charge in [-0.1, -0.05) is 12.1 Å². The van der Waals surface area contributed by atoms with Gasteiger partial charge in [-0.05, 0) is 67.6 Å². The van der Waals surface area contributed by atoms with Gasteiger partial charge in [-0.25, -0.2) is 13.2 Å². The van der Waals surface area contributed by atoms with Gasteiger partial charge in [0, 0.05) is 24.0 Å². The van der Waals surface area contributed by atoms with Crippen LogP contribution in [0.15, 0.2) is 68.7 Å². The maximum atomic E-state index is 13.6. The fourth-order valence-electron chi connectivity index (χ4n) is 3.52. The second-order valence-corrected chi connectivity index (χ2v) is 9.32. The van der Waals surface area contributed by atoms with Crippen molar-refractivity contribution in [1.29, 1.82) is 0 Å². The molecule has 0 radical (unpaired) electrons. The van der Waals surface area contributed by atoms with Gasteiger partial charge in [-0.2, -0.15) is 4.31 Å². The average molecular weight is 413 g/mol. The molecule has 6 nitrogen and oxygen atoms in total. The van der Waals surface area contributed by atoms with Crippen LogP contribution in [0.4, 0.5) is 0 Å². The van der Waals surface area contributed by atoms with Gasteiger partial charge in [0.2, 0.25) is 10.0 Å². The molecule has 3 aromatic rings. The Balaban J connectivity index is 1.71. The Hall–Kier alpha value is -2.64. The largest absolute Gasteiger partial charge is 0.497 e. The van der Waals surface area contributed by atoms with Crippen molar-refractivity contribution in [1.82, 2.24) is 4.31 Å². The van der Waals surface area contributed by atoms with Crippen LogP contribution in [-0.4, -0.2) is 25.9 Å². The van der Waals surface area contributed by atoms with E-state index in [1.807, 2.05) is 31.2 Å². The predicted octanol–water partition coefficient (Wildman–Crippen LogP) is 3.79. The Labute approximate surface area is 169 Å². The van der Waals surface area contributed by atoms with Crippen LogP contribution in [0.3, 0.4) is 0 Å². The van der Waals surface area contributed by atoms with Crippen LogP contribution < -0.4 is 10.4 Å². The number of methoxy groups -OCH3 is 1. The van der Waals surface area contributed by atoms with Crippen LogP contribution >= 0.6 is 0 Å². The Morgan fingerprint density at radius 1 is 1.10 bits per heavy atom. The topological polar surface area (TPSA) is 76.8 Å². The van der Waals surface area contributed by atoms with E-state index in [4.69, 9.17) is 9.15 Å². The lowest BCUT2D eigenvalue weighted by Crippen LogP contribution is -2.39. The van der Waals surface area contributed by atoms with Crippen molar-refractivity contribution in [3.05, 3.63) is 70.6 Å². The summed E-state index contributed by atoms with van der Waals surface area (Å²) in [6, 6.07) is 14.8. The summed E-state index contributed by atoms with van der Waals surface area (Å²) in [4.78, 5) is 11.6. The Bertz CT molecular complexity index is 1180. The number of ether oxygens (including phenoxy) is 1. The third-order valence-electron chi connectivity index (χ3n) is 5.45. The maximum Gasteiger partial charge on any atom is 0.336 e. The van der Waals surface area contributed by atoms with Gasteiger partial charge in [0.15, 0.2) is 0 Å². The maximum absolute atomic E-state index is 13.6. The molecule has 1 aromatic heterocycles. The van der Waals surface area contributed by atoms with E-state index >= 15 is 0 Å². The van der Waals surface area contributed by atoms with E-state index in [1.54, 1.807) is 23.5 Å². The van der Waals surface area contributed by atoms with Crippen LogP contribution in [0.25, 0.3) is 11.0 Å². The molecule has 4 rings (SSSR count). The molecule has 1 aliphatic carbocycles. The molecule has 2 aromatic carbocycles. The van der Waals surface area contributed by atoms with E-state index in [2.05, 4.69) is 0 Å². The minimum absolute atomic E-state index is 0.105. The SMILES string of the molecule is COc1ccc(CN(C(C)C2CC2)S(=O)(=O)c2ccc3oc(=O)ccc3c2)cc1. The molecular formula is C22H23NO5S. The molecule has 1 heterocycles. The fraction of sp³-hybridized carbons (Fsp3) is 0.318. The first-order valence-corrected chi connectivity index (χ1v) is 11.0. The molecular weight excluding hydrogens is 390 g/mol. The molecule has 0 saturated heterocycles. The second-order valence-electron chi connectivity index (χ2n) is 7.43. The van der Waals surface area contributed by atoms with Gasteiger partial charge in [-0.3, -0.25) is 0 Å². The quantitative estimate of drug-likeness (QED) is 0.551. The average Bonchev–Trinajstić information content (AvgIpc) is 3.57. The lowest BCUT2D eigenvalue weighted by Gasteiger charge is -2.29. The van der Waals surface area contributed by atoms with Gasteiger partial charge in [0.05, 0.1) is 12.0 Å². The lowest BCUT2D eigenvalue weighted by molar-refractivity contribution is 0.303. The van der Waals surface area contributed by atoms with E-state index in [9.17, 15) is 13.2 Å². The highest BCUT2D eigenvalue weighted by Gasteiger charge is 2.38. The lowest BCUT2D eigenvalue weighted by atomic mass is 10.1. The third-order valence-corrected chi connectivity index (χ3v) is 7.38. The number of nitrogens with zero attached hydrogens (tertiary/aromatic N) is 1. The summed E-state index contributed by atoms with van der Waals surface area (Å²) in [5, 5.41) is 0.578. The van der Waals surface area contributed by atoms with Crippen molar-refractivity contribution in [3.63, 3.8) is 0 Å². The van der Waals surface area contributed by atoms with E-state index < -0.39 is 15.6 Å². The molecule has 7 heteroatoms. The number of hydrogen-bond donors (Lipinski definition) is 0. The molecule has 1 saturated carbocycles. The number of benzene rings is 2. The monoisotopic (exact) mass is 413 g/mol. The summed E-state index contributed by atoms with van der Waals surface area (Å²) in [5.74, 6) is 1.11. The van der Waals surface area contributed by atoms with Crippen LogP contribution in [0.2, 0.25) is 0 Å². The van der Waals surface area contributed by atoms with Crippen molar-refractivity contribution in [2.75, 3.05) is 7.11 Å². The van der Waals surface area contributed by atoms with Crippen molar-refractivity contribution in [2.24, 2.45) is 5.92 Å². The van der Waals surface area contributed by atoms with E-state index in [-0.39, 0.29) is 17.5 Å². The Morgan fingerprint density at radius 2 is 1.83 bits per heavy atom. The molecule has 0 amide bonds. The molecule has 1 aliphatic rings. The highest BCUT2D eigenvalue weighted by atomic mass is 32.2. The minimum Gasteiger partial charge on any atom is -0.497 e. The summed E-state index contributed by atoms with van der Waals surface area (Å²) in [7, 11) is -2.14. The zero-order valence-electron chi connectivity index (χ0n) is 16.4.